The van der Waals surface area contributed by atoms with E-state index in [1.807, 2.05) is 13.8 Å². The number of rotatable bonds is 6. The van der Waals surface area contributed by atoms with E-state index >= 15 is 0 Å². The Balaban J connectivity index is 2.96. The lowest BCUT2D eigenvalue weighted by atomic mass is 10.2. The van der Waals surface area contributed by atoms with Gasteiger partial charge in [0, 0.05) is 18.7 Å². The van der Waals surface area contributed by atoms with Gasteiger partial charge in [0.15, 0.2) is 0 Å². The first-order valence-corrected chi connectivity index (χ1v) is 8.15. The second-order valence-corrected chi connectivity index (χ2v) is 6.68. The van der Waals surface area contributed by atoms with Crippen molar-refractivity contribution >= 4 is 21.6 Å². The fourth-order valence-corrected chi connectivity index (χ4v) is 3.32. The molecule has 0 radical (unpaired) electrons. The Hall–Kier alpha value is -1.40. The number of hydrogen-bond donors (Lipinski definition) is 2. The van der Waals surface area contributed by atoms with Gasteiger partial charge >= 0.3 is 0 Å². The Morgan fingerprint density at radius 3 is 2.50 bits per heavy atom. The van der Waals surface area contributed by atoms with Crippen molar-refractivity contribution in [1.29, 1.82) is 0 Å². The summed E-state index contributed by atoms with van der Waals surface area (Å²) in [5.74, 6) is -0.182. The molecule has 5 nitrogen and oxygen atoms in total. The van der Waals surface area contributed by atoms with Gasteiger partial charge in [-0.15, -0.1) is 0 Å². The van der Waals surface area contributed by atoms with Crippen LogP contribution in [0.5, 0.6) is 0 Å². The zero-order valence-corrected chi connectivity index (χ0v) is 13.2. The lowest BCUT2D eigenvalue weighted by molar-refractivity contribution is -0.114. The number of aryl methyl sites for hydroxylation is 1. The maximum Gasteiger partial charge on any atom is 0.240 e. The third-order valence-electron chi connectivity index (χ3n) is 2.90. The van der Waals surface area contributed by atoms with Gasteiger partial charge in [0.1, 0.15) is 0 Å². The Morgan fingerprint density at radius 1 is 1.35 bits per heavy atom. The quantitative estimate of drug-likeness (QED) is 0.847. The molecule has 0 aliphatic carbocycles. The third-order valence-corrected chi connectivity index (χ3v) is 4.48. The minimum Gasteiger partial charge on any atom is -0.326 e. The number of carbonyl (C=O) groups is 1. The fraction of sp³-hybridized carbons (Fsp3) is 0.500. The molecule has 1 rings (SSSR count). The van der Waals surface area contributed by atoms with Crippen molar-refractivity contribution in [2.24, 2.45) is 0 Å². The van der Waals surface area contributed by atoms with Crippen LogP contribution < -0.4 is 10.0 Å². The average molecular weight is 298 g/mol. The van der Waals surface area contributed by atoms with Crippen LogP contribution in [0.2, 0.25) is 0 Å². The highest BCUT2D eigenvalue weighted by molar-refractivity contribution is 7.89. The van der Waals surface area contributed by atoms with Crippen LogP contribution in [0.1, 0.15) is 39.2 Å². The summed E-state index contributed by atoms with van der Waals surface area (Å²) in [5.41, 5.74) is 1.34. The van der Waals surface area contributed by atoms with Gasteiger partial charge in [0.25, 0.3) is 0 Å². The Bertz CT molecular complexity index is 582. The summed E-state index contributed by atoms with van der Waals surface area (Å²) in [6, 6.07) is 4.57. The van der Waals surface area contributed by atoms with E-state index in [1.54, 1.807) is 19.1 Å². The molecule has 1 amide bonds. The Kier molecular flexibility index (Phi) is 5.71. The molecular formula is C14H22N2O3S. The van der Waals surface area contributed by atoms with Gasteiger partial charge in [-0.3, -0.25) is 4.79 Å². The zero-order valence-electron chi connectivity index (χ0n) is 12.4. The fourth-order valence-electron chi connectivity index (χ4n) is 1.96. The van der Waals surface area contributed by atoms with Crippen molar-refractivity contribution in [3.05, 3.63) is 23.8 Å². The molecule has 6 heteroatoms. The number of benzene rings is 1. The van der Waals surface area contributed by atoms with E-state index in [4.69, 9.17) is 0 Å². The van der Waals surface area contributed by atoms with E-state index < -0.39 is 10.0 Å². The number of anilines is 1. The van der Waals surface area contributed by atoms with E-state index in [-0.39, 0.29) is 16.8 Å². The van der Waals surface area contributed by atoms with Gasteiger partial charge in [-0.1, -0.05) is 13.3 Å². The number of hydrogen-bond acceptors (Lipinski definition) is 3. The maximum atomic E-state index is 12.2. The molecule has 0 spiro atoms. The summed E-state index contributed by atoms with van der Waals surface area (Å²) < 4.78 is 27.1. The van der Waals surface area contributed by atoms with Gasteiger partial charge in [-0.25, -0.2) is 13.1 Å². The molecule has 0 saturated carbocycles. The van der Waals surface area contributed by atoms with E-state index in [1.165, 1.54) is 13.0 Å². The van der Waals surface area contributed by atoms with E-state index in [0.29, 0.717) is 11.3 Å². The molecule has 0 bridgehead atoms. The van der Waals surface area contributed by atoms with Crippen molar-refractivity contribution in [2.45, 2.75) is 51.5 Å². The normalized spacial score (nSPS) is 13.0. The van der Waals surface area contributed by atoms with E-state index in [0.717, 1.165) is 12.8 Å². The smallest absolute Gasteiger partial charge is 0.240 e. The van der Waals surface area contributed by atoms with Crippen molar-refractivity contribution < 1.29 is 13.2 Å². The van der Waals surface area contributed by atoms with Gasteiger partial charge in [-0.05, 0) is 44.0 Å². The summed E-state index contributed by atoms with van der Waals surface area (Å²) >= 11 is 0. The molecule has 2 N–H and O–H groups in total. The summed E-state index contributed by atoms with van der Waals surface area (Å²) in [7, 11) is -3.51. The van der Waals surface area contributed by atoms with Gasteiger partial charge in [0.05, 0.1) is 4.90 Å². The van der Waals surface area contributed by atoms with Crippen LogP contribution in [0, 0.1) is 6.92 Å². The Labute approximate surface area is 120 Å². The predicted octanol–water partition coefficient (Wildman–Crippen LogP) is 2.42. The van der Waals surface area contributed by atoms with E-state index in [2.05, 4.69) is 10.0 Å². The summed E-state index contributed by atoms with van der Waals surface area (Å²) in [6.07, 6.45) is 1.71. The molecule has 20 heavy (non-hydrogen) atoms. The van der Waals surface area contributed by atoms with Crippen LogP contribution >= 0.6 is 0 Å². The first-order chi connectivity index (χ1) is 9.26. The molecule has 1 aromatic carbocycles. The molecule has 0 fully saturated rings. The number of amides is 1. The molecule has 0 aliphatic rings. The van der Waals surface area contributed by atoms with Gasteiger partial charge in [0.2, 0.25) is 15.9 Å². The van der Waals surface area contributed by atoms with Crippen molar-refractivity contribution in [3.63, 3.8) is 0 Å². The molecule has 0 saturated heterocycles. The predicted molar refractivity (Wildman–Crippen MR) is 80.2 cm³/mol. The van der Waals surface area contributed by atoms with Crippen molar-refractivity contribution in [2.75, 3.05) is 5.32 Å². The topological polar surface area (TPSA) is 75.3 Å². The standard InChI is InChI=1S/C14H22N2O3S/c1-5-6-11(3)16-20(18,19)13-7-8-14(10(2)9-13)15-12(4)17/h7-9,11,16H,5-6H2,1-4H3,(H,15,17)/t11-/m1/s1. The zero-order chi connectivity index (χ0) is 15.3. The highest BCUT2D eigenvalue weighted by Crippen LogP contribution is 2.20. The summed E-state index contributed by atoms with van der Waals surface area (Å²) in [5, 5.41) is 2.66. The monoisotopic (exact) mass is 298 g/mol. The van der Waals surface area contributed by atoms with Gasteiger partial charge in [-0.2, -0.15) is 0 Å². The molecular weight excluding hydrogens is 276 g/mol. The van der Waals surface area contributed by atoms with Crippen LogP contribution in [0.15, 0.2) is 23.1 Å². The highest BCUT2D eigenvalue weighted by atomic mass is 32.2. The summed E-state index contributed by atoms with van der Waals surface area (Å²) in [6.45, 7) is 7.04. The molecule has 1 aromatic rings. The first-order valence-electron chi connectivity index (χ1n) is 6.67. The molecule has 112 valence electrons. The van der Waals surface area contributed by atoms with Crippen LogP contribution in [-0.2, 0) is 14.8 Å². The van der Waals surface area contributed by atoms with E-state index in [9.17, 15) is 13.2 Å². The SMILES string of the molecule is CCC[C@@H](C)NS(=O)(=O)c1ccc(NC(C)=O)c(C)c1. The van der Waals surface area contributed by atoms with Gasteiger partial charge < -0.3 is 5.32 Å². The molecule has 0 unspecified atom stereocenters. The van der Waals surface area contributed by atoms with Crippen molar-refractivity contribution in [1.82, 2.24) is 4.72 Å². The molecule has 0 heterocycles. The minimum atomic E-state index is -3.51. The van der Waals surface area contributed by atoms with Crippen LogP contribution in [-0.4, -0.2) is 20.4 Å². The summed E-state index contributed by atoms with van der Waals surface area (Å²) in [4.78, 5) is 11.2. The number of carbonyl (C=O) groups excluding carboxylic acids is 1. The van der Waals surface area contributed by atoms with Crippen LogP contribution in [0.3, 0.4) is 0 Å². The average Bonchev–Trinajstić information content (AvgIpc) is 2.30. The Morgan fingerprint density at radius 2 is 2.00 bits per heavy atom. The third kappa shape index (κ3) is 4.61. The lowest BCUT2D eigenvalue weighted by Gasteiger charge is -2.14. The maximum absolute atomic E-state index is 12.2. The second kappa shape index (κ2) is 6.85. The number of nitrogens with one attached hydrogen (secondary N) is 2. The first kappa shape index (κ1) is 16.7. The molecule has 1 atom stereocenters. The molecule has 0 aliphatic heterocycles. The minimum absolute atomic E-state index is 0.0969. The highest BCUT2D eigenvalue weighted by Gasteiger charge is 2.17. The largest absolute Gasteiger partial charge is 0.326 e. The number of sulfonamides is 1. The second-order valence-electron chi connectivity index (χ2n) is 4.97. The van der Waals surface area contributed by atoms with Crippen LogP contribution in [0.4, 0.5) is 5.69 Å². The lowest BCUT2D eigenvalue weighted by Crippen LogP contribution is -2.32. The van der Waals surface area contributed by atoms with Crippen LogP contribution in [0.25, 0.3) is 0 Å². The molecule has 0 aromatic heterocycles. The van der Waals surface area contributed by atoms with Crippen molar-refractivity contribution in [3.8, 4) is 0 Å².